The number of H-pyrrole nitrogens is 1. The number of nitrogens with zero attached hydrogens (tertiary/aromatic N) is 2. The Kier molecular flexibility index (Phi) is 4.77. The van der Waals surface area contributed by atoms with Crippen LogP contribution in [0.2, 0.25) is 0 Å². The van der Waals surface area contributed by atoms with Crippen LogP contribution in [0.15, 0.2) is 50.7 Å². The second-order valence-electron chi connectivity index (χ2n) is 6.27. The van der Waals surface area contributed by atoms with Gasteiger partial charge in [-0.1, -0.05) is 33.6 Å². The first kappa shape index (κ1) is 17.4. The first-order valence-corrected chi connectivity index (χ1v) is 8.85. The highest BCUT2D eigenvalue weighted by molar-refractivity contribution is 9.10. The molecule has 0 unspecified atom stereocenters. The minimum atomic E-state index is -0.104. The number of rotatable bonds is 3. The van der Waals surface area contributed by atoms with Gasteiger partial charge in [-0.15, -0.1) is 0 Å². The lowest BCUT2D eigenvalue weighted by molar-refractivity contribution is 0.834. The first-order chi connectivity index (χ1) is 11.9. The van der Waals surface area contributed by atoms with Gasteiger partial charge in [0.05, 0.1) is 16.9 Å². The highest BCUT2D eigenvalue weighted by Crippen LogP contribution is 2.20. The molecule has 0 atom stereocenters. The second kappa shape index (κ2) is 6.84. The highest BCUT2D eigenvalue weighted by Gasteiger charge is 2.11. The van der Waals surface area contributed by atoms with Gasteiger partial charge in [-0.05, 0) is 63.1 Å². The van der Waals surface area contributed by atoms with Crippen LogP contribution in [0.1, 0.15) is 27.9 Å². The van der Waals surface area contributed by atoms with Crippen molar-refractivity contribution in [3.63, 3.8) is 0 Å². The Labute approximate surface area is 155 Å². The van der Waals surface area contributed by atoms with Gasteiger partial charge in [0.25, 0.3) is 5.56 Å². The van der Waals surface area contributed by atoms with Gasteiger partial charge in [-0.2, -0.15) is 0 Å². The third-order valence-corrected chi connectivity index (χ3v) is 5.09. The molecule has 0 bridgehead atoms. The zero-order valence-electron chi connectivity index (χ0n) is 14.7. The molecule has 0 saturated carbocycles. The van der Waals surface area contributed by atoms with Crippen LogP contribution in [0, 0.1) is 27.7 Å². The van der Waals surface area contributed by atoms with Crippen molar-refractivity contribution in [2.24, 2.45) is 4.99 Å². The number of halogens is 1. The van der Waals surface area contributed by atoms with Gasteiger partial charge in [0.1, 0.15) is 0 Å². The van der Waals surface area contributed by atoms with Gasteiger partial charge in [0.15, 0.2) is 0 Å². The molecule has 0 fully saturated rings. The maximum absolute atomic E-state index is 12.8. The van der Waals surface area contributed by atoms with Crippen molar-refractivity contribution in [2.75, 3.05) is 0 Å². The van der Waals surface area contributed by atoms with Gasteiger partial charge in [-0.25, -0.2) is 4.68 Å². The Morgan fingerprint density at radius 1 is 1.04 bits per heavy atom. The third kappa shape index (κ3) is 3.51. The van der Waals surface area contributed by atoms with E-state index in [4.69, 9.17) is 0 Å². The quantitative estimate of drug-likeness (QED) is 0.626. The van der Waals surface area contributed by atoms with E-state index in [1.165, 1.54) is 5.56 Å². The average Bonchev–Trinajstić information content (AvgIpc) is 2.84. The Morgan fingerprint density at radius 3 is 2.48 bits per heavy atom. The van der Waals surface area contributed by atoms with Gasteiger partial charge in [0, 0.05) is 16.4 Å². The molecule has 2 aromatic carbocycles. The summed E-state index contributed by atoms with van der Waals surface area (Å²) in [6.45, 7) is 7.95. The van der Waals surface area contributed by atoms with Crippen molar-refractivity contribution in [3.8, 4) is 5.69 Å². The molecule has 1 aromatic heterocycles. The van der Waals surface area contributed by atoms with Crippen molar-refractivity contribution in [2.45, 2.75) is 27.7 Å². The number of hydrogen-bond acceptors (Lipinski definition) is 2. The standard InChI is InChI=1S/C20H20BrN3O/c1-12-5-8-19(14(3)9-12)22-11-17-15(4)23-24(20(17)25)16-6-7-18(21)13(2)10-16/h5-11,23H,1-4H3. The fourth-order valence-electron chi connectivity index (χ4n) is 2.75. The van der Waals surface area contributed by atoms with Crippen LogP contribution in [0.4, 0.5) is 5.69 Å². The molecule has 0 spiro atoms. The van der Waals surface area contributed by atoms with Crippen LogP contribution in [0.5, 0.6) is 0 Å². The van der Waals surface area contributed by atoms with E-state index in [1.54, 1.807) is 10.9 Å². The number of nitrogens with one attached hydrogen (secondary N) is 1. The number of hydrogen-bond donors (Lipinski definition) is 1. The molecule has 1 N–H and O–H groups in total. The maximum atomic E-state index is 12.8. The van der Waals surface area contributed by atoms with Crippen LogP contribution in [-0.4, -0.2) is 16.0 Å². The van der Waals surface area contributed by atoms with Gasteiger partial charge in [-0.3, -0.25) is 14.9 Å². The van der Waals surface area contributed by atoms with E-state index >= 15 is 0 Å². The van der Waals surface area contributed by atoms with Gasteiger partial charge >= 0.3 is 0 Å². The Morgan fingerprint density at radius 2 is 1.80 bits per heavy atom. The topological polar surface area (TPSA) is 50.1 Å². The van der Waals surface area contributed by atoms with E-state index in [1.807, 2.05) is 51.1 Å². The first-order valence-electron chi connectivity index (χ1n) is 8.06. The lowest BCUT2D eigenvalue weighted by Gasteiger charge is -2.04. The van der Waals surface area contributed by atoms with E-state index in [-0.39, 0.29) is 5.56 Å². The summed E-state index contributed by atoms with van der Waals surface area (Å²) in [6.07, 6.45) is 1.65. The Hall–Kier alpha value is -2.40. The summed E-state index contributed by atoms with van der Waals surface area (Å²) in [5, 5.41) is 3.13. The van der Waals surface area contributed by atoms with E-state index in [0.29, 0.717) is 5.56 Å². The fraction of sp³-hybridized carbons (Fsp3) is 0.200. The summed E-state index contributed by atoms with van der Waals surface area (Å²) in [6, 6.07) is 11.9. The molecule has 5 heteroatoms. The van der Waals surface area contributed by atoms with E-state index in [2.05, 4.69) is 39.0 Å². The molecule has 3 aromatic rings. The number of benzene rings is 2. The van der Waals surface area contributed by atoms with Crippen LogP contribution < -0.4 is 5.56 Å². The normalized spacial score (nSPS) is 11.4. The second-order valence-corrected chi connectivity index (χ2v) is 7.13. The van der Waals surface area contributed by atoms with E-state index in [0.717, 1.165) is 32.7 Å². The smallest absolute Gasteiger partial charge is 0.280 e. The molecular weight excluding hydrogens is 378 g/mol. The Balaban J connectivity index is 2.01. The fourth-order valence-corrected chi connectivity index (χ4v) is 2.99. The molecule has 0 saturated heterocycles. The van der Waals surface area contributed by atoms with Crippen LogP contribution in [0.25, 0.3) is 5.69 Å². The van der Waals surface area contributed by atoms with Crippen molar-refractivity contribution >= 4 is 27.8 Å². The van der Waals surface area contributed by atoms with Gasteiger partial charge in [0.2, 0.25) is 0 Å². The molecule has 128 valence electrons. The molecule has 0 aliphatic heterocycles. The minimum Gasteiger partial charge on any atom is -0.295 e. The van der Waals surface area contributed by atoms with E-state index < -0.39 is 0 Å². The molecule has 0 aliphatic carbocycles. The number of aliphatic imine (C=N–C) groups is 1. The summed E-state index contributed by atoms with van der Waals surface area (Å²) >= 11 is 3.48. The minimum absolute atomic E-state index is 0.104. The van der Waals surface area contributed by atoms with Crippen molar-refractivity contribution in [1.29, 1.82) is 0 Å². The molecule has 0 amide bonds. The zero-order chi connectivity index (χ0) is 18.1. The molecule has 0 aliphatic rings. The summed E-state index contributed by atoms with van der Waals surface area (Å²) < 4.78 is 2.57. The summed E-state index contributed by atoms with van der Waals surface area (Å²) in [5.74, 6) is 0. The largest absolute Gasteiger partial charge is 0.295 e. The van der Waals surface area contributed by atoms with E-state index in [9.17, 15) is 4.79 Å². The average molecular weight is 398 g/mol. The Bertz CT molecular complexity index is 1030. The number of aryl methyl sites for hydroxylation is 4. The van der Waals surface area contributed by atoms with Crippen LogP contribution >= 0.6 is 15.9 Å². The monoisotopic (exact) mass is 397 g/mol. The van der Waals surface area contributed by atoms with Crippen molar-refractivity contribution in [3.05, 3.63) is 79.2 Å². The summed E-state index contributed by atoms with van der Waals surface area (Å²) in [7, 11) is 0. The number of aromatic nitrogens is 2. The zero-order valence-corrected chi connectivity index (χ0v) is 16.3. The summed E-state index contributed by atoms with van der Waals surface area (Å²) in [5.41, 5.74) is 6.29. The summed E-state index contributed by atoms with van der Waals surface area (Å²) in [4.78, 5) is 17.3. The third-order valence-electron chi connectivity index (χ3n) is 4.20. The van der Waals surface area contributed by atoms with Crippen LogP contribution in [0.3, 0.4) is 0 Å². The molecule has 0 radical (unpaired) electrons. The highest BCUT2D eigenvalue weighted by atomic mass is 79.9. The lowest BCUT2D eigenvalue weighted by Crippen LogP contribution is -2.17. The van der Waals surface area contributed by atoms with Crippen molar-refractivity contribution < 1.29 is 0 Å². The SMILES string of the molecule is Cc1ccc(N=Cc2c(C)[nH]n(-c3ccc(Br)c(C)c3)c2=O)c(C)c1. The molecule has 25 heavy (non-hydrogen) atoms. The molecular formula is C20H20BrN3O. The van der Waals surface area contributed by atoms with Gasteiger partial charge < -0.3 is 0 Å². The predicted octanol–water partition coefficient (Wildman–Crippen LogP) is 4.91. The molecule has 3 rings (SSSR count). The lowest BCUT2D eigenvalue weighted by atomic mass is 10.1. The van der Waals surface area contributed by atoms with Crippen LogP contribution in [-0.2, 0) is 0 Å². The van der Waals surface area contributed by atoms with Crippen molar-refractivity contribution in [1.82, 2.24) is 9.78 Å². The number of aromatic amines is 1. The predicted molar refractivity (Wildman–Crippen MR) is 107 cm³/mol. The maximum Gasteiger partial charge on any atom is 0.280 e. The molecule has 4 nitrogen and oxygen atoms in total. The molecule has 1 heterocycles.